The highest BCUT2D eigenvalue weighted by atomic mass is 35.5. The van der Waals surface area contributed by atoms with Crippen LogP contribution in [-0.4, -0.2) is 19.8 Å². The Morgan fingerprint density at radius 3 is 2.44 bits per heavy atom. The molecule has 0 unspecified atom stereocenters. The molecule has 90 valence electrons. The minimum absolute atomic E-state index is 0.228. The van der Waals surface area contributed by atoms with E-state index >= 15 is 0 Å². The summed E-state index contributed by atoms with van der Waals surface area (Å²) in [5.41, 5.74) is 0.689. The van der Waals surface area contributed by atoms with E-state index < -0.39 is 11.6 Å². The van der Waals surface area contributed by atoms with E-state index in [4.69, 9.17) is 11.6 Å². The first-order valence-electron chi connectivity index (χ1n) is 4.98. The highest BCUT2D eigenvalue weighted by Crippen LogP contribution is 2.20. The first kappa shape index (κ1) is 11.0. The number of hydrogen-bond acceptors (Lipinski definition) is 3. The fourth-order valence-electron chi connectivity index (χ4n) is 1.63. The van der Waals surface area contributed by atoms with Crippen molar-refractivity contribution in [3.05, 3.63) is 47.1 Å². The van der Waals surface area contributed by atoms with Crippen LogP contribution in [0.15, 0.2) is 30.3 Å². The van der Waals surface area contributed by atoms with Crippen molar-refractivity contribution in [1.29, 1.82) is 0 Å². The minimum atomic E-state index is -0.691. The average molecular weight is 267 g/mol. The van der Waals surface area contributed by atoms with Crippen molar-refractivity contribution in [1.82, 2.24) is 19.8 Å². The first-order chi connectivity index (χ1) is 8.63. The van der Waals surface area contributed by atoms with Gasteiger partial charge in [-0.1, -0.05) is 11.6 Å². The minimum Gasteiger partial charge on any atom is -0.207 e. The molecule has 1 aromatic carbocycles. The molecule has 2 heterocycles. The maximum absolute atomic E-state index is 13.2. The van der Waals surface area contributed by atoms with Gasteiger partial charge in [0.15, 0.2) is 11.5 Å². The molecule has 0 radical (unpaired) electrons. The SMILES string of the molecule is Fc1cc(F)cc(-c2nnc3ccc(Cl)nn23)c1. The van der Waals surface area contributed by atoms with E-state index in [9.17, 15) is 8.78 Å². The third-order valence-corrected chi connectivity index (χ3v) is 2.55. The molecule has 0 aliphatic carbocycles. The smallest absolute Gasteiger partial charge is 0.185 e. The fourth-order valence-corrected chi connectivity index (χ4v) is 1.77. The number of hydrogen-bond donors (Lipinski definition) is 0. The summed E-state index contributed by atoms with van der Waals surface area (Å²) >= 11 is 5.76. The molecule has 0 bridgehead atoms. The number of benzene rings is 1. The zero-order valence-corrected chi connectivity index (χ0v) is 9.57. The summed E-state index contributed by atoms with van der Waals surface area (Å²) in [6, 6.07) is 6.26. The van der Waals surface area contributed by atoms with Crippen molar-refractivity contribution in [3.63, 3.8) is 0 Å². The summed E-state index contributed by atoms with van der Waals surface area (Å²) in [4.78, 5) is 0. The van der Waals surface area contributed by atoms with Crippen molar-refractivity contribution >= 4 is 17.2 Å². The van der Waals surface area contributed by atoms with Gasteiger partial charge in [0.05, 0.1) is 0 Å². The van der Waals surface area contributed by atoms with Crippen LogP contribution in [0.1, 0.15) is 0 Å². The third-order valence-electron chi connectivity index (χ3n) is 2.35. The molecule has 2 aromatic heterocycles. The van der Waals surface area contributed by atoms with Crippen molar-refractivity contribution in [2.75, 3.05) is 0 Å². The van der Waals surface area contributed by atoms with E-state index in [2.05, 4.69) is 15.3 Å². The quantitative estimate of drug-likeness (QED) is 0.680. The predicted octanol–water partition coefficient (Wildman–Crippen LogP) is 2.72. The molecular weight excluding hydrogens is 262 g/mol. The number of halogens is 3. The second-order valence-electron chi connectivity index (χ2n) is 3.61. The van der Waals surface area contributed by atoms with Crippen molar-refractivity contribution in [2.24, 2.45) is 0 Å². The highest BCUT2D eigenvalue weighted by Gasteiger charge is 2.11. The van der Waals surface area contributed by atoms with Gasteiger partial charge in [0, 0.05) is 11.6 Å². The number of fused-ring (bicyclic) bond motifs is 1. The van der Waals surface area contributed by atoms with Crippen LogP contribution in [0.3, 0.4) is 0 Å². The number of aromatic nitrogens is 4. The third kappa shape index (κ3) is 1.80. The molecule has 0 N–H and O–H groups in total. The largest absolute Gasteiger partial charge is 0.207 e. The van der Waals surface area contributed by atoms with Gasteiger partial charge in [-0.25, -0.2) is 8.78 Å². The van der Waals surface area contributed by atoms with Crippen LogP contribution in [0.4, 0.5) is 8.78 Å². The number of nitrogens with zero attached hydrogens (tertiary/aromatic N) is 4. The van der Waals surface area contributed by atoms with Crippen LogP contribution in [0.2, 0.25) is 5.15 Å². The predicted molar refractivity (Wildman–Crippen MR) is 61.1 cm³/mol. The molecule has 0 saturated heterocycles. The molecule has 3 aromatic rings. The normalized spacial score (nSPS) is 11.1. The summed E-state index contributed by atoms with van der Waals surface area (Å²) < 4.78 is 27.6. The molecule has 18 heavy (non-hydrogen) atoms. The van der Waals surface area contributed by atoms with E-state index in [0.29, 0.717) is 5.65 Å². The van der Waals surface area contributed by atoms with Crippen molar-refractivity contribution in [2.45, 2.75) is 0 Å². The highest BCUT2D eigenvalue weighted by molar-refractivity contribution is 6.29. The Morgan fingerprint density at radius 2 is 1.72 bits per heavy atom. The second-order valence-corrected chi connectivity index (χ2v) is 4.00. The van der Waals surface area contributed by atoms with Gasteiger partial charge >= 0.3 is 0 Å². The fraction of sp³-hybridized carbons (Fsp3) is 0. The van der Waals surface area contributed by atoms with Gasteiger partial charge in [-0.15, -0.1) is 10.2 Å². The van der Waals surface area contributed by atoms with Crippen LogP contribution in [0, 0.1) is 11.6 Å². The summed E-state index contributed by atoms with van der Waals surface area (Å²) in [7, 11) is 0. The Balaban J connectivity index is 2.27. The standard InChI is InChI=1S/C11H5ClF2N4/c12-9-1-2-10-15-16-11(18(10)17-9)6-3-7(13)5-8(14)4-6/h1-5H. The zero-order chi connectivity index (χ0) is 12.7. The lowest BCUT2D eigenvalue weighted by Gasteiger charge is -2.00. The molecule has 0 fully saturated rings. The van der Waals surface area contributed by atoms with Crippen LogP contribution in [0.5, 0.6) is 0 Å². The van der Waals surface area contributed by atoms with Crippen LogP contribution >= 0.6 is 11.6 Å². The molecule has 4 nitrogen and oxygen atoms in total. The van der Waals surface area contributed by atoms with Gasteiger partial charge in [0.2, 0.25) is 0 Å². The van der Waals surface area contributed by atoms with Gasteiger partial charge in [0.25, 0.3) is 0 Å². The molecule has 3 rings (SSSR count). The maximum Gasteiger partial charge on any atom is 0.185 e. The lowest BCUT2D eigenvalue weighted by atomic mass is 10.2. The van der Waals surface area contributed by atoms with Crippen LogP contribution in [-0.2, 0) is 0 Å². The monoisotopic (exact) mass is 266 g/mol. The summed E-state index contributed by atoms with van der Waals surface area (Å²) in [5, 5.41) is 11.9. The lowest BCUT2D eigenvalue weighted by molar-refractivity contribution is 0.584. The molecule has 0 saturated carbocycles. The van der Waals surface area contributed by atoms with Crippen molar-refractivity contribution in [3.8, 4) is 11.4 Å². The van der Waals surface area contributed by atoms with E-state index in [1.165, 1.54) is 4.52 Å². The number of rotatable bonds is 1. The van der Waals surface area contributed by atoms with E-state index in [1.807, 2.05) is 0 Å². The van der Waals surface area contributed by atoms with Crippen LogP contribution < -0.4 is 0 Å². The second kappa shape index (κ2) is 3.99. The Kier molecular flexibility index (Phi) is 2.45. The zero-order valence-electron chi connectivity index (χ0n) is 8.81. The van der Waals surface area contributed by atoms with Gasteiger partial charge in [-0.3, -0.25) is 0 Å². The molecular formula is C11H5ClF2N4. The van der Waals surface area contributed by atoms with Crippen molar-refractivity contribution < 1.29 is 8.78 Å². The maximum atomic E-state index is 13.2. The Morgan fingerprint density at radius 1 is 1.00 bits per heavy atom. The Bertz CT molecular complexity index is 721. The van der Waals surface area contributed by atoms with E-state index in [1.54, 1.807) is 12.1 Å². The summed E-state index contributed by atoms with van der Waals surface area (Å²) in [5.74, 6) is -1.15. The Hall–Kier alpha value is -2.08. The van der Waals surface area contributed by atoms with Gasteiger partial charge < -0.3 is 0 Å². The average Bonchev–Trinajstić information content (AvgIpc) is 2.70. The van der Waals surface area contributed by atoms with E-state index in [-0.39, 0.29) is 16.5 Å². The van der Waals surface area contributed by atoms with Gasteiger partial charge in [0.1, 0.15) is 16.8 Å². The topological polar surface area (TPSA) is 43.1 Å². The molecule has 0 atom stereocenters. The van der Waals surface area contributed by atoms with E-state index in [0.717, 1.165) is 18.2 Å². The van der Waals surface area contributed by atoms with Crippen LogP contribution in [0.25, 0.3) is 17.0 Å². The molecule has 0 aliphatic heterocycles. The summed E-state index contributed by atoms with van der Waals surface area (Å²) in [6.07, 6.45) is 0. The lowest BCUT2D eigenvalue weighted by Crippen LogP contribution is -1.95. The molecule has 0 spiro atoms. The Labute approximate surface area is 105 Å². The summed E-state index contributed by atoms with van der Waals surface area (Å²) in [6.45, 7) is 0. The van der Waals surface area contributed by atoms with Gasteiger partial charge in [-0.05, 0) is 24.3 Å². The first-order valence-corrected chi connectivity index (χ1v) is 5.36. The molecule has 7 heteroatoms. The molecule has 0 aliphatic rings. The molecule has 0 amide bonds. The van der Waals surface area contributed by atoms with Gasteiger partial charge in [-0.2, -0.15) is 9.61 Å².